The van der Waals surface area contributed by atoms with Crippen molar-refractivity contribution in [2.45, 2.75) is 44.6 Å². The van der Waals surface area contributed by atoms with Gasteiger partial charge in [0, 0.05) is 24.8 Å². The van der Waals surface area contributed by atoms with Crippen LogP contribution in [0.25, 0.3) is 0 Å². The van der Waals surface area contributed by atoms with Gasteiger partial charge in [-0.1, -0.05) is 0 Å². The van der Waals surface area contributed by atoms with E-state index in [-0.39, 0.29) is 24.4 Å². The summed E-state index contributed by atoms with van der Waals surface area (Å²) < 4.78 is 42.5. The number of nitrogens with one attached hydrogen (secondary N) is 1. The third-order valence-corrected chi connectivity index (χ3v) is 6.01. The molecule has 2 fully saturated rings. The van der Waals surface area contributed by atoms with Crippen LogP contribution in [0.2, 0.25) is 0 Å². The summed E-state index contributed by atoms with van der Waals surface area (Å²) in [6, 6.07) is 5.40. The van der Waals surface area contributed by atoms with E-state index in [9.17, 15) is 22.8 Å². The summed E-state index contributed by atoms with van der Waals surface area (Å²) in [6.07, 6.45) is 1.17. The summed E-state index contributed by atoms with van der Waals surface area (Å²) in [7, 11) is 0. The van der Waals surface area contributed by atoms with E-state index in [1.54, 1.807) is 6.92 Å². The highest BCUT2D eigenvalue weighted by atomic mass is 19.3. The maximum atomic E-state index is 14.6. The maximum Gasteiger partial charge on any atom is 0.270 e. The fraction of sp³-hybridized carbons (Fsp3) is 0.429. The van der Waals surface area contributed by atoms with E-state index in [1.165, 1.54) is 41.4 Å². The molecule has 2 aromatic rings. The van der Waals surface area contributed by atoms with Crippen LogP contribution in [-0.4, -0.2) is 40.3 Å². The van der Waals surface area contributed by atoms with Crippen molar-refractivity contribution in [2.24, 2.45) is 5.41 Å². The molecule has 2 amide bonds. The molecule has 1 aromatic carbocycles. The lowest BCUT2D eigenvalue weighted by molar-refractivity contribution is -0.136. The summed E-state index contributed by atoms with van der Waals surface area (Å²) in [4.78, 5) is 35.0. The van der Waals surface area contributed by atoms with Crippen molar-refractivity contribution in [1.29, 1.82) is 0 Å². The number of carbonyl (C=O) groups is 2. The Morgan fingerprint density at radius 2 is 1.90 bits per heavy atom. The SMILES string of the molecule is Cc1nccc(C(=O)NC2CC3(CCN(c4ccc(F)cc4)C3=O)CCC2(F)F)n1. The van der Waals surface area contributed by atoms with E-state index < -0.39 is 35.5 Å². The Hall–Kier alpha value is -2.97. The van der Waals surface area contributed by atoms with Gasteiger partial charge in [-0.15, -0.1) is 0 Å². The van der Waals surface area contributed by atoms with E-state index in [0.717, 1.165) is 0 Å². The number of hydrogen-bond donors (Lipinski definition) is 1. The van der Waals surface area contributed by atoms with Gasteiger partial charge in [0.05, 0.1) is 11.5 Å². The topological polar surface area (TPSA) is 75.2 Å². The Morgan fingerprint density at radius 3 is 2.60 bits per heavy atom. The Balaban J connectivity index is 1.54. The number of nitrogens with zero attached hydrogens (tertiary/aromatic N) is 3. The van der Waals surface area contributed by atoms with Crippen LogP contribution in [0.15, 0.2) is 36.5 Å². The number of carbonyl (C=O) groups excluding carboxylic acids is 2. The molecule has 1 saturated carbocycles. The molecule has 30 heavy (non-hydrogen) atoms. The normalized spacial score (nSPS) is 25.5. The third kappa shape index (κ3) is 3.64. The molecular weight excluding hydrogens is 397 g/mol. The Morgan fingerprint density at radius 1 is 1.17 bits per heavy atom. The van der Waals surface area contributed by atoms with Crippen LogP contribution < -0.4 is 10.2 Å². The number of hydrogen-bond acceptors (Lipinski definition) is 4. The largest absolute Gasteiger partial charge is 0.342 e. The number of aryl methyl sites for hydroxylation is 1. The molecule has 1 N–H and O–H groups in total. The lowest BCUT2D eigenvalue weighted by Gasteiger charge is -2.41. The van der Waals surface area contributed by atoms with Crippen molar-refractivity contribution in [3.05, 3.63) is 53.9 Å². The van der Waals surface area contributed by atoms with Gasteiger partial charge in [-0.25, -0.2) is 23.1 Å². The van der Waals surface area contributed by atoms with Crippen LogP contribution in [0.5, 0.6) is 0 Å². The first-order valence-electron chi connectivity index (χ1n) is 9.76. The van der Waals surface area contributed by atoms with Crippen LogP contribution in [0.3, 0.4) is 0 Å². The zero-order chi connectivity index (χ0) is 21.5. The molecular formula is C21H21F3N4O2. The van der Waals surface area contributed by atoms with Crippen molar-refractivity contribution in [3.8, 4) is 0 Å². The molecule has 0 radical (unpaired) electrons. The van der Waals surface area contributed by atoms with Gasteiger partial charge in [0.15, 0.2) is 0 Å². The molecule has 4 rings (SSSR count). The summed E-state index contributed by atoms with van der Waals surface area (Å²) in [6.45, 7) is 1.96. The number of rotatable bonds is 3. The number of benzene rings is 1. The number of amides is 2. The highest BCUT2D eigenvalue weighted by Crippen LogP contribution is 2.50. The minimum absolute atomic E-state index is 0.00334. The molecule has 6 nitrogen and oxygen atoms in total. The molecule has 1 saturated heterocycles. The van der Waals surface area contributed by atoms with Gasteiger partial charge in [0.25, 0.3) is 11.8 Å². The molecule has 1 aliphatic carbocycles. The zero-order valence-corrected chi connectivity index (χ0v) is 16.4. The van der Waals surface area contributed by atoms with Crippen molar-refractivity contribution in [3.63, 3.8) is 0 Å². The van der Waals surface area contributed by atoms with Gasteiger partial charge in [0.1, 0.15) is 17.3 Å². The van der Waals surface area contributed by atoms with Crippen LogP contribution >= 0.6 is 0 Å². The van der Waals surface area contributed by atoms with Gasteiger partial charge in [-0.3, -0.25) is 9.59 Å². The maximum absolute atomic E-state index is 14.6. The summed E-state index contributed by atoms with van der Waals surface area (Å²) in [5, 5.41) is 2.39. The Bertz CT molecular complexity index is 982. The minimum Gasteiger partial charge on any atom is -0.342 e. The Kier molecular flexibility index (Phi) is 4.99. The first kappa shape index (κ1) is 20.3. The smallest absolute Gasteiger partial charge is 0.270 e. The monoisotopic (exact) mass is 418 g/mol. The fourth-order valence-corrected chi connectivity index (χ4v) is 4.30. The van der Waals surface area contributed by atoms with E-state index in [0.29, 0.717) is 24.5 Å². The second kappa shape index (κ2) is 7.37. The molecule has 2 atom stereocenters. The van der Waals surface area contributed by atoms with E-state index in [2.05, 4.69) is 15.3 Å². The van der Waals surface area contributed by atoms with E-state index in [1.807, 2.05) is 0 Å². The van der Waals surface area contributed by atoms with E-state index >= 15 is 0 Å². The van der Waals surface area contributed by atoms with Crippen molar-refractivity contribution < 1.29 is 22.8 Å². The summed E-state index contributed by atoms with van der Waals surface area (Å²) in [5.74, 6) is -4.17. The first-order chi connectivity index (χ1) is 14.2. The second-order valence-electron chi connectivity index (χ2n) is 7.94. The lowest BCUT2D eigenvalue weighted by Crippen LogP contribution is -2.55. The highest BCUT2D eigenvalue weighted by Gasteiger charge is 2.57. The van der Waals surface area contributed by atoms with Gasteiger partial charge in [0.2, 0.25) is 5.91 Å². The molecule has 2 aliphatic rings. The van der Waals surface area contributed by atoms with Crippen molar-refractivity contribution in [2.75, 3.05) is 11.4 Å². The summed E-state index contributed by atoms with van der Waals surface area (Å²) in [5.41, 5.74) is -0.438. The van der Waals surface area contributed by atoms with Gasteiger partial charge >= 0.3 is 0 Å². The number of aromatic nitrogens is 2. The predicted molar refractivity (Wildman–Crippen MR) is 103 cm³/mol. The first-order valence-corrected chi connectivity index (χ1v) is 9.76. The quantitative estimate of drug-likeness (QED) is 0.830. The van der Waals surface area contributed by atoms with Gasteiger partial charge < -0.3 is 10.2 Å². The van der Waals surface area contributed by atoms with Gasteiger partial charge in [-0.05, 0) is 56.5 Å². The highest BCUT2D eigenvalue weighted by molar-refractivity contribution is 6.00. The Labute approximate surface area is 171 Å². The molecule has 2 heterocycles. The zero-order valence-electron chi connectivity index (χ0n) is 16.4. The van der Waals surface area contributed by atoms with Crippen LogP contribution in [0.4, 0.5) is 18.9 Å². The standard InChI is InChI=1S/C21H21F3N4O2/c1-13-25-10-6-16(26-13)18(29)27-17-12-20(7-8-21(17,23)24)9-11-28(19(20)30)15-4-2-14(22)3-5-15/h2-6,10,17H,7-9,11-12H2,1H3,(H,27,29). The molecule has 2 unspecified atom stereocenters. The molecule has 1 aliphatic heterocycles. The molecule has 1 aromatic heterocycles. The van der Waals surface area contributed by atoms with Crippen LogP contribution in [0.1, 0.15) is 42.0 Å². The average molecular weight is 418 g/mol. The minimum atomic E-state index is -3.13. The van der Waals surface area contributed by atoms with Gasteiger partial charge in [-0.2, -0.15) is 0 Å². The molecule has 9 heteroatoms. The van der Waals surface area contributed by atoms with Crippen LogP contribution in [-0.2, 0) is 4.79 Å². The second-order valence-corrected chi connectivity index (χ2v) is 7.94. The summed E-state index contributed by atoms with van der Waals surface area (Å²) >= 11 is 0. The van der Waals surface area contributed by atoms with Crippen molar-refractivity contribution in [1.82, 2.24) is 15.3 Å². The molecule has 0 bridgehead atoms. The fourth-order valence-electron chi connectivity index (χ4n) is 4.30. The molecule has 158 valence electrons. The number of halogens is 3. The van der Waals surface area contributed by atoms with Crippen molar-refractivity contribution >= 4 is 17.5 Å². The third-order valence-electron chi connectivity index (χ3n) is 6.01. The molecule has 1 spiro atoms. The lowest BCUT2D eigenvalue weighted by atomic mass is 9.69. The van der Waals surface area contributed by atoms with Crippen LogP contribution in [0, 0.1) is 18.2 Å². The van der Waals surface area contributed by atoms with E-state index in [4.69, 9.17) is 0 Å². The average Bonchev–Trinajstić information content (AvgIpc) is 3.02. The number of alkyl halides is 2. The predicted octanol–water partition coefficient (Wildman–Crippen LogP) is 3.27. The number of anilines is 1.